The van der Waals surface area contributed by atoms with E-state index in [1.54, 1.807) is 23.4 Å². The lowest BCUT2D eigenvalue weighted by atomic mass is 9.99. The zero-order chi connectivity index (χ0) is 20.1. The highest BCUT2D eigenvalue weighted by atomic mass is 32.2. The van der Waals surface area contributed by atoms with Gasteiger partial charge >= 0.3 is 5.97 Å². The van der Waals surface area contributed by atoms with Crippen LogP contribution in [0, 0.1) is 12.8 Å². The van der Waals surface area contributed by atoms with Crippen molar-refractivity contribution in [3.8, 4) is 0 Å². The first-order chi connectivity index (χ1) is 13.4. The number of ether oxygens (including phenoxy) is 1. The van der Waals surface area contributed by atoms with Crippen LogP contribution >= 0.6 is 0 Å². The SMILES string of the molecule is CCOC(=O)/C=C1/C=C2/CN(S(=O)(=O)c3ccccc3C)CC2/C=C\CCC1. The molecule has 1 unspecified atom stereocenters. The lowest BCUT2D eigenvalue weighted by molar-refractivity contribution is -0.137. The first-order valence-corrected chi connectivity index (χ1v) is 11.2. The molecule has 1 heterocycles. The number of allylic oxidation sites excluding steroid dienone is 3. The van der Waals surface area contributed by atoms with Crippen molar-refractivity contribution in [1.29, 1.82) is 0 Å². The maximum atomic E-state index is 13.2. The number of benzene rings is 1. The Morgan fingerprint density at radius 1 is 1.32 bits per heavy atom. The summed E-state index contributed by atoms with van der Waals surface area (Å²) in [6, 6.07) is 7.07. The minimum atomic E-state index is -3.56. The summed E-state index contributed by atoms with van der Waals surface area (Å²) in [7, 11) is -3.56. The van der Waals surface area contributed by atoms with Gasteiger partial charge in [0.15, 0.2) is 0 Å². The van der Waals surface area contributed by atoms with Crippen molar-refractivity contribution in [2.75, 3.05) is 19.7 Å². The molecule has 150 valence electrons. The highest BCUT2D eigenvalue weighted by Gasteiger charge is 2.35. The van der Waals surface area contributed by atoms with Crippen LogP contribution in [0.5, 0.6) is 0 Å². The summed E-state index contributed by atoms with van der Waals surface area (Å²) in [5.41, 5.74) is 2.67. The van der Waals surface area contributed by atoms with Crippen molar-refractivity contribution in [2.24, 2.45) is 5.92 Å². The number of sulfonamides is 1. The Labute approximate surface area is 167 Å². The zero-order valence-electron chi connectivity index (χ0n) is 16.4. The molecule has 0 amide bonds. The Morgan fingerprint density at radius 3 is 2.86 bits per heavy atom. The molecule has 0 aromatic heterocycles. The maximum Gasteiger partial charge on any atom is 0.331 e. The predicted octanol–water partition coefficient (Wildman–Crippen LogP) is 3.77. The number of rotatable bonds is 4. The molecule has 28 heavy (non-hydrogen) atoms. The van der Waals surface area contributed by atoms with Gasteiger partial charge in [0.25, 0.3) is 0 Å². The van der Waals surface area contributed by atoms with E-state index in [0.29, 0.717) is 24.6 Å². The largest absolute Gasteiger partial charge is 0.463 e. The van der Waals surface area contributed by atoms with Gasteiger partial charge in [-0.25, -0.2) is 13.2 Å². The molecule has 2 aliphatic rings. The Hall–Kier alpha value is -2.18. The zero-order valence-corrected chi connectivity index (χ0v) is 17.2. The summed E-state index contributed by atoms with van der Waals surface area (Å²) in [5.74, 6) is -0.317. The molecular formula is C22H27NO4S. The average molecular weight is 402 g/mol. The number of aryl methyl sites for hydroxylation is 1. The molecule has 0 N–H and O–H groups in total. The van der Waals surface area contributed by atoms with E-state index in [0.717, 1.165) is 36.0 Å². The van der Waals surface area contributed by atoms with E-state index < -0.39 is 10.0 Å². The van der Waals surface area contributed by atoms with Crippen LogP contribution in [0.25, 0.3) is 0 Å². The molecule has 1 aliphatic heterocycles. The Balaban J connectivity index is 1.91. The summed E-state index contributed by atoms with van der Waals surface area (Å²) in [5, 5.41) is 0. The number of esters is 1. The third-order valence-corrected chi connectivity index (χ3v) is 7.08. The van der Waals surface area contributed by atoms with E-state index in [9.17, 15) is 13.2 Å². The van der Waals surface area contributed by atoms with Crippen molar-refractivity contribution < 1.29 is 17.9 Å². The Kier molecular flexibility index (Phi) is 6.52. The molecule has 1 atom stereocenters. The average Bonchev–Trinajstić information content (AvgIpc) is 3.07. The molecule has 3 rings (SSSR count). The van der Waals surface area contributed by atoms with Gasteiger partial charge in [-0.1, -0.05) is 36.4 Å². The highest BCUT2D eigenvalue weighted by molar-refractivity contribution is 7.89. The molecule has 0 radical (unpaired) electrons. The number of fused-ring (bicyclic) bond motifs is 1. The summed E-state index contributed by atoms with van der Waals surface area (Å²) in [6.45, 7) is 4.70. The quantitative estimate of drug-likeness (QED) is 0.438. The second-order valence-electron chi connectivity index (χ2n) is 7.18. The van der Waals surface area contributed by atoms with Gasteiger partial charge in [0.1, 0.15) is 0 Å². The van der Waals surface area contributed by atoms with Crippen LogP contribution in [0.3, 0.4) is 0 Å². The highest BCUT2D eigenvalue weighted by Crippen LogP contribution is 2.32. The van der Waals surface area contributed by atoms with Crippen LogP contribution in [-0.4, -0.2) is 38.4 Å². The fourth-order valence-corrected chi connectivity index (χ4v) is 5.35. The predicted molar refractivity (Wildman–Crippen MR) is 109 cm³/mol. The molecule has 0 bridgehead atoms. The minimum absolute atomic E-state index is 0.0301. The molecule has 1 aromatic rings. The standard InChI is InChI=1S/C22H27NO4S/c1-3-27-22(24)14-18-10-5-4-6-11-19-15-23(16-20(19)13-18)28(25,26)21-12-8-7-9-17(21)2/h6-9,11-14,19H,3-5,10,15-16H2,1-2H3/b11-6-,18-14+,20-13-. The summed E-state index contributed by atoms with van der Waals surface area (Å²) in [4.78, 5) is 12.2. The van der Waals surface area contributed by atoms with Gasteiger partial charge in [0, 0.05) is 25.1 Å². The molecule has 5 nitrogen and oxygen atoms in total. The van der Waals surface area contributed by atoms with Crippen LogP contribution < -0.4 is 0 Å². The van der Waals surface area contributed by atoms with Gasteiger partial charge in [0.2, 0.25) is 10.0 Å². The smallest absolute Gasteiger partial charge is 0.331 e. The van der Waals surface area contributed by atoms with Crippen molar-refractivity contribution in [2.45, 2.75) is 38.0 Å². The third kappa shape index (κ3) is 4.62. The van der Waals surface area contributed by atoms with Crippen molar-refractivity contribution in [3.63, 3.8) is 0 Å². The fourth-order valence-electron chi connectivity index (χ4n) is 3.67. The van der Waals surface area contributed by atoms with Gasteiger partial charge in [-0.3, -0.25) is 0 Å². The number of carbonyl (C=O) groups is 1. The van der Waals surface area contributed by atoms with Gasteiger partial charge < -0.3 is 4.74 Å². The third-order valence-electron chi connectivity index (χ3n) is 5.11. The van der Waals surface area contributed by atoms with E-state index in [-0.39, 0.29) is 11.9 Å². The molecule has 0 spiro atoms. The van der Waals surface area contributed by atoms with Gasteiger partial charge in [-0.15, -0.1) is 0 Å². The Morgan fingerprint density at radius 2 is 2.11 bits per heavy atom. The molecular weight excluding hydrogens is 374 g/mol. The summed E-state index contributed by atoms with van der Waals surface area (Å²) >= 11 is 0. The first kappa shape index (κ1) is 20.6. The van der Waals surface area contributed by atoms with Crippen molar-refractivity contribution in [1.82, 2.24) is 4.31 Å². The summed E-state index contributed by atoms with van der Waals surface area (Å²) < 4.78 is 32.9. The maximum absolute atomic E-state index is 13.2. The van der Waals surface area contributed by atoms with Crippen LogP contribution in [0.2, 0.25) is 0 Å². The Bertz CT molecular complexity index is 928. The van der Waals surface area contributed by atoms with Gasteiger partial charge in [-0.05, 0) is 55.9 Å². The lowest BCUT2D eigenvalue weighted by Crippen LogP contribution is -2.29. The minimum Gasteiger partial charge on any atom is -0.463 e. The van der Waals surface area contributed by atoms with Crippen LogP contribution in [0.4, 0.5) is 0 Å². The van der Waals surface area contributed by atoms with E-state index in [1.807, 2.05) is 25.1 Å². The lowest BCUT2D eigenvalue weighted by Gasteiger charge is -2.17. The van der Waals surface area contributed by atoms with Crippen LogP contribution in [0.1, 0.15) is 31.7 Å². The molecule has 1 fully saturated rings. The number of nitrogens with zero attached hydrogens (tertiary/aromatic N) is 1. The van der Waals surface area contributed by atoms with Crippen molar-refractivity contribution >= 4 is 16.0 Å². The first-order valence-electron chi connectivity index (χ1n) is 9.72. The van der Waals surface area contributed by atoms with E-state index >= 15 is 0 Å². The molecule has 6 heteroatoms. The number of hydrogen-bond acceptors (Lipinski definition) is 4. The van der Waals surface area contributed by atoms with E-state index in [4.69, 9.17) is 4.74 Å². The molecule has 1 saturated heterocycles. The monoisotopic (exact) mass is 401 g/mol. The second kappa shape index (κ2) is 8.88. The van der Waals surface area contributed by atoms with Gasteiger partial charge in [0.05, 0.1) is 11.5 Å². The fraction of sp³-hybridized carbons (Fsp3) is 0.409. The number of carbonyl (C=O) groups excluding carboxylic acids is 1. The van der Waals surface area contributed by atoms with E-state index in [1.165, 1.54) is 6.08 Å². The van der Waals surface area contributed by atoms with Gasteiger partial charge in [-0.2, -0.15) is 4.31 Å². The number of hydrogen-bond donors (Lipinski definition) is 0. The van der Waals surface area contributed by atoms with E-state index in [2.05, 4.69) is 12.2 Å². The second-order valence-corrected chi connectivity index (χ2v) is 9.09. The molecule has 1 aromatic carbocycles. The molecule has 1 aliphatic carbocycles. The molecule has 0 saturated carbocycles. The van der Waals surface area contributed by atoms with Crippen LogP contribution in [0.15, 0.2) is 64.6 Å². The normalized spacial score (nSPS) is 25.1. The topological polar surface area (TPSA) is 63.7 Å². The van der Waals surface area contributed by atoms with Crippen molar-refractivity contribution in [3.05, 3.63) is 65.3 Å². The summed E-state index contributed by atoms with van der Waals surface area (Å²) in [6.07, 6.45) is 10.4. The van der Waals surface area contributed by atoms with Crippen LogP contribution in [-0.2, 0) is 19.6 Å².